The summed E-state index contributed by atoms with van der Waals surface area (Å²) in [7, 11) is 0. The molecular weight excluding hydrogens is 160 g/mol. The van der Waals surface area contributed by atoms with Gasteiger partial charge in [-0.05, 0) is 30.6 Å². The Bertz CT molecular complexity index is 209. The van der Waals surface area contributed by atoms with E-state index in [-0.39, 0.29) is 0 Å². The molecule has 0 saturated heterocycles. The number of carbonyl (C=O) groups excluding carboxylic acids is 1. The third kappa shape index (κ3) is 1.79. The van der Waals surface area contributed by atoms with Gasteiger partial charge in [-0.15, -0.1) is 0 Å². The van der Waals surface area contributed by atoms with Gasteiger partial charge in [0.1, 0.15) is 5.78 Å². The third-order valence-electron chi connectivity index (χ3n) is 4.24. The zero-order chi connectivity index (χ0) is 9.31. The first-order chi connectivity index (χ1) is 6.21. The van der Waals surface area contributed by atoms with Gasteiger partial charge in [0, 0.05) is 12.8 Å². The van der Waals surface area contributed by atoms with Gasteiger partial charge < -0.3 is 0 Å². The largest absolute Gasteiger partial charge is 0.300 e. The summed E-state index contributed by atoms with van der Waals surface area (Å²) in [5.74, 6) is 1.24. The predicted octanol–water partition coefficient (Wildman–Crippen LogP) is 3.33. The topological polar surface area (TPSA) is 17.1 Å². The molecule has 2 rings (SSSR count). The van der Waals surface area contributed by atoms with Crippen molar-refractivity contribution in [2.24, 2.45) is 11.3 Å². The molecule has 0 radical (unpaired) electrons. The minimum absolute atomic E-state index is 0.518. The number of hydrogen-bond acceptors (Lipinski definition) is 1. The Hall–Kier alpha value is -0.330. The molecule has 0 bridgehead atoms. The maximum atomic E-state index is 11.4. The number of carbonyl (C=O) groups is 1. The molecule has 2 unspecified atom stereocenters. The van der Waals surface area contributed by atoms with Crippen LogP contribution in [0.25, 0.3) is 0 Å². The van der Waals surface area contributed by atoms with E-state index in [1.807, 2.05) is 0 Å². The van der Waals surface area contributed by atoms with E-state index in [9.17, 15) is 4.79 Å². The minimum atomic E-state index is 0.518. The Kier molecular flexibility index (Phi) is 2.44. The lowest BCUT2D eigenvalue weighted by Gasteiger charge is -2.40. The lowest BCUT2D eigenvalue weighted by Crippen LogP contribution is -2.33. The SMILES string of the molecule is CC12CCCCCC1CC(=O)CC2. The van der Waals surface area contributed by atoms with Gasteiger partial charge >= 0.3 is 0 Å². The number of rotatable bonds is 0. The quantitative estimate of drug-likeness (QED) is 0.559. The number of fused-ring (bicyclic) bond motifs is 1. The van der Waals surface area contributed by atoms with Crippen molar-refractivity contribution in [3.8, 4) is 0 Å². The Morgan fingerprint density at radius 3 is 2.92 bits per heavy atom. The van der Waals surface area contributed by atoms with E-state index in [0.29, 0.717) is 11.2 Å². The number of Topliss-reactive ketones (excluding diaryl/α,β-unsaturated/α-hetero) is 1. The van der Waals surface area contributed by atoms with Gasteiger partial charge in [-0.1, -0.05) is 26.2 Å². The zero-order valence-corrected chi connectivity index (χ0v) is 8.64. The van der Waals surface area contributed by atoms with Gasteiger partial charge in [0.15, 0.2) is 0 Å². The normalized spacial score (nSPS) is 41.0. The molecule has 2 atom stereocenters. The van der Waals surface area contributed by atoms with Crippen LogP contribution in [0.3, 0.4) is 0 Å². The van der Waals surface area contributed by atoms with Crippen LogP contribution in [0.2, 0.25) is 0 Å². The van der Waals surface area contributed by atoms with E-state index in [2.05, 4.69) is 6.92 Å². The molecule has 2 saturated carbocycles. The van der Waals surface area contributed by atoms with Crippen molar-refractivity contribution < 1.29 is 4.79 Å². The third-order valence-corrected chi connectivity index (χ3v) is 4.24. The Morgan fingerprint density at radius 2 is 2.08 bits per heavy atom. The molecule has 2 fully saturated rings. The van der Waals surface area contributed by atoms with E-state index >= 15 is 0 Å². The molecule has 0 aromatic rings. The second kappa shape index (κ2) is 3.43. The highest BCUT2D eigenvalue weighted by molar-refractivity contribution is 5.79. The molecule has 0 spiro atoms. The monoisotopic (exact) mass is 180 g/mol. The van der Waals surface area contributed by atoms with Gasteiger partial charge in [-0.3, -0.25) is 4.79 Å². The van der Waals surface area contributed by atoms with Crippen molar-refractivity contribution >= 4 is 5.78 Å². The zero-order valence-electron chi connectivity index (χ0n) is 8.64. The van der Waals surface area contributed by atoms with Crippen LogP contribution in [0.15, 0.2) is 0 Å². The summed E-state index contributed by atoms with van der Waals surface area (Å²) in [5.41, 5.74) is 0.518. The van der Waals surface area contributed by atoms with E-state index in [1.54, 1.807) is 0 Å². The molecule has 0 heterocycles. The first-order valence-electron chi connectivity index (χ1n) is 5.72. The molecule has 2 aliphatic carbocycles. The van der Waals surface area contributed by atoms with Crippen LogP contribution in [0.1, 0.15) is 58.3 Å². The van der Waals surface area contributed by atoms with Crippen LogP contribution in [0, 0.1) is 11.3 Å². The first kappa shape index (κ1) is 9.23. The molecule has 0 aromatic carbocycles. The van der Waals surface area contributed by atoms with Gasteiger partial charge in [-0.25, -0.2) is 0 Å². The molecule has 0 aromatic heterocycles. The standard InChI is InChI=1S/C12H20O/c1-12-7-4-2-3-5-10(12)9-11(13)6-8-12/h10H,2-9H2,1H3. The van der Waals surface area contributed by atoms with Crippen LogP contribution >= 0.6 is 0 Å². The Balaban J connectivity index is 2.12. The molecule has 0 N–H and O–H groups in total. The van der Waals surface area contributed by atoms with E-state index in [1.165, 1.54) is 32.1 Å². The lowest BCUT2D eigenvalue weighted by atomic mass is 9.65. The van der Waals surface area contributed by atoms with Crippen molar-refractivity contribution in [1.29, 1.82) is 0 Å². The second-order valence-corrected chi connectivity index (χ2v) is 5.19. The maximum absolute atomic E-state index is 11.4. The van der Waals surface area contributed by atoms with E-state index < -0.39 is 0 Å². The van der Waals surface area contributed by atoms with Gasteiger partial charge in [0.25, 0.3) is 0 Å². The van der Waals surface area contributed by atoms with Gasteiger partial charge in [-0.2, -0.15) is 0 Å². The maximum Gasteiger partial charge on any atom is 0.133 e. The summed E-state index contributed by atoms with van der Waals surface area (Å²) in [5, 5.41) is 0. The van der Waals surface area contributed by atoms with E-state index in [4.69, 9.17) is 0 Å². The molecule has 1 heteroatoms. The fraction of sp³-hybridized carbons (Fsp3) is 0.917. The number of hydrogen-bond donors (Lipinski definition) is 0. The summed E-state index contributed by atoms with van der Waals surface area (Å²) in [6.07, 6.45) is 9.71. The van der Waals surface area contributed by atoms with Crippen LogP contribution < -0.4 is 0 Å². The van der Waals surface area contributed by atoms with Gasteiger partial charge in [0.05, 0.1) is 0 Å². The molecule has 0 amide bonds. The molecule has 2 aliphatic rings. The van der Waals surface area contributed by atoms with E-state index in [0.717, 1.165) is 25.2 Å². The molecule has 13 heavy (non-hydrogen) atoms. The highest BCUT2D eigenvalue weighted by atomic mass is 16.1. The van der Waals surface area contributed by atoms with Crippen molar-refractivity contribution in [2.45, 2.75) is 58.3 Å². The fourth-order valence-corrected chi connectivity index (χ4v) is 3.13. The molecule has 0 aliphatic heterocycles. The predicted molar refractivity (Wildman–Crippen MR) is 53.5 cm³/mol. The van der Waals surface area contributed by atoms with Crippen molar-refractivity contribution in [2.75, 3.05) is 0 Å². The Morgan fingerprint density at radius 1 is 1.23 bits per heavy atom. The Labute approximate surface area is 80.9 Å². The average Bonchev–Trinajstić information content (AvgIpc) is 2.28. The average molecular weight is 180 g/mol. The van der Waals surface area contributed by atoms with Crippen molar-refractivity contribution in [3.05, 3.63) is 0 Å². The van der Waals surface area contributed by atoms with Crippen LogP contribution in [-0.2, 0) is 4.79 Å². The summed E-state index contributed by atoms with van der Waals surface area (Å²) in [6, 6.07) is 0. The smallest absolute Gasteiger partial charge is 0.133 e. The molecule has 1 nitrogen and oxygen atoms in total. The summed E-state index contributed by atoms with van der Waals surface area (Å²) in [4.78, 5) is 11.4. The van der Waals surface area contributed by atoms with Crippen LogP contribution in [0.5, 0.6) is 0 Å². The van der Waals surface area contributed by atoms with Crippen molar-refractivity contribution in [3.63, 3.8) is 0 Å². The summed E-state index contributed by atoms with van der Waals surface area (Å²) >= 11 is 0. The summed E-state index contributed by atoms with van der Waals surface area (Å²) in [6.45, 7) is 2.41. The van der Waals surface area contributed by atoms with Gasteiger partial charge in [0.2, 0.25) is 0 Å². The second-order valence-electron chi connectivity index (χ2n) is 5.19. The van der Waals surface area contributed by atoms with Crippen LogP contribution in [-0.4, -0.2) is 5.78 Å². The molecular formula is C12H20O. The highest BCUT2D eigenvalue weighted by Crippen LogP contribution is 2.47. The lowest BCUT2D eigenvalue weighted by molar-refractivity contribution is -0.124. The fourth-order valence-electron chi connectivity index (χ4n) is 3.13. The highest BCUT2D eigenvalue weighted by Gasteiger charge is 2.39. The minimum Gasteiger partial charge on any atom is -0.300 e. The van der Waals surface area contributed by atoms with Crippen LogP contribution in [0.4, 0.5) is 0 Å². The summed E-state index contributed by atoms with van der Waals surface area (Å²) < 4.78 is 0. The molecule has 74 valence electrons. The number of ketones is 1. The first-order valence-corrected chi connectivity index (χ1v) is 5.72. The van der Waals surface area contributed by atoms with Crippen molar-refractivity contribution in [1.82, 2.24) is 0 Å².